The number of hydrogen-bond donors (Lipinski definition) is 1. The van der Waals surface area contributed by atoms with Crippen LogP contribution in [0.15, 0.2) is 24.3 Å². The predicted molar refractivity (Wildman–Crippen MR) is 77.7 cm³/mol. The molecule has 1 aliphatic rings. The molecule has 1 fully saturated rings. The lowest BCUT2D eigenvalue weighted by Gasteiger charge is -2.48. The summed E-state index contributed by atoms with van der Waals surface area (Å²) in [5.41, 5.74) is 1.32. The van der Waals surface area contributed by atoms with Gasteiger partial charge in [-0.2, -0.15) is 0 Å². The van der Waals surface area contributed by atoms with Crippen LogP contribution < -0.4 is 5.32 Å². The molecule has 1 unspecified atom stereocenters. The van der Waals surface area contributed by atoms with Gasteiger partial charge in [0.25, 0.3) is 0 Å². The maximum atomic E-state index is 13.1. The summed E-state index contributed by atoms with van der Waals surface area (Å²) in [7, 11) is 6.34. The van der Waals surface area contributed by atoms with Crippen LogP contribution in [0, 0.1) is 5.82 Å². The average Bonchev–Trinajstić information content (AvgIpc) is 2.42. The van der Waals surface area contributed by atoms with Crippen LogP contribution in [0.2, 0.25) is 0 Å². The number of likely N-dealkylation sites (N-methyl/N-ethyl adjacent to an activating group) is 2. The second kappa shape index (κ2) is 6.02. The quantitative estimate of drug-likeness (QED) is 0.897. The molecule has 0 bridgehead atoms. The molecule has 0 aromatic heterocycles. The van der Waals surface area contributed by atoms with Crippen molar-refractivity contribution >= 4 is 0 Å². The van der Waals surface area contributed by atoms with E-state index in [-0.39, 0.29) is 17.4 Å². The van der Waals surface area contributed by atoms with Crippen LogP contribution in [0.4, 0.5) is 4.39 Å². The second-order valence-corrected chi connectivity index (χ2v) is 5.83. The predicted octanol–water partition coefficient (Wildman–Crippen LogP) is 3.35. The average molecular weight is 264 g/mol. The highest BCUT2D eigenvalue weighted by Gasteiger charge is 2.41. The van der Waals surface area contributed by atoms with E-state index < -0.39 is 0 Å². The molecular formula is C16H25FN2. The van der Waals surface area contributed by atoms with Crippen molar-refractivity contribution in [1.29, 1.82) is 0 Å². The molecule has 106 valence electrons. The highest BCUT2D eigenvalue weighted by atomic mass is 19.1. The Hall–Kier alpha value is -0.930. The minimum absolute atomic E-state index is 0.144. The van der Waals surface area contributed by atoms with E-state index >= 15 is 0 Å². The first-order chi connectivity index (χ1) is 9.10. The summed E-state index contributed by atoms with van der Waals surface area (Å²) in [4.78, 5) is 2.36. The highest BCUT2D eigenvalue weighted by Crippen LogP contribution is 2.41. The molecule has 1 aromatic carbocycles. The van der Waals surface area contributed by atoms with Crippen molar-refractivity contribution in [3.8, 4) is 0 Å². The molecule has 0 saturated heterocycles. The maximum Gasteiger partial charge on any atom is 0.123 e. The molecule has 1 N–H and O–H groups in total. The first-order valence-electron chi connectivity index (χ1n) is 7.20. The fourth-order valence-electron chi connectivity index (χ4n) is 3.56. The number of halogens is 1. The zero-order valence-corrected chi connectivity index (χ0v) is 12.2. The molecule has 2 nitrogen and oxygen atoms in total. The standard InChI is InChI=1S/C16H25FN2/c1-18-15(13-7-9-14(17)10-8-13)16(19(2)3)11-5-4-6-12-16/h7-10,15,18H,4-6,11-12H2,1-3H3. The van der Waals surface area contributed by atoms with Crippen LogP contribution in [0.5, 0.6) is 0 Å². The molecule has 3 heteroatoms. The third kappa shape index (κ3) is 2.82. The Morgan fingerprint density at radius 1 is 1.11 bits per heavy atom. The van der Waals surface area contributed by atoms with E-state index in [9.17, 15) is 4.39 Å². The third-order valence-electron chi connectivity index (χ3n) is 4.64. The summed E-state index contributed by atoms with van der Waals surface area (Å²) in [6.07, 6.45) is 6.27. The van der Waals surface area contributed by atoms with Gasteiger partial charge in [0.15, 0.2) is 0 Å². The van der Waals surface area contributed by atoms with Crippen molar-refractivity contribution in [3.63, 3.8) is 0 Å². The Morgan fingerprint density at radius 2 is 1.68 bits per heavy atom. The molecule has 19 heavy (non-hydrogen) atoms. The molecular weight excluding hydrogens is 239 g/mol. The molecule has 1 saturated carbocycles. The van der Waals surface area contributed by atoms with E-state index in [0.29, 0.717) is 0 Å². The van der Waals surface area contributed by atoms with Crippen molar-refractivity contribution < 1.29 is 4.39 Å². The fraction of sp³-hybridized carbons (Fsp3) is 0.625. The van der Waals surface area contributed by atoms with Crippen LogP contribution in [-0.4, -0.2) is 31.6 Å². The van der Waals surface area contributed by atoms with Crippen molar-refractivity contribution in [1.82, 2.24) is 10.2 Å². The van der Waals surface area contributed by atoms with Crippen molar-refractivity contribution in [2.45, 2.75) is 43.7 Å². The fourth-order valence-corrected chi connectivity index (χ4v) is 3.56. The zero-order valence-electron chi connectivity index (χ0n) is 12.2. The summed E-state index contributed by atoms with van der Waals surface area (Å²) in [5, 5.41) is 3.47. The Bertz CT molecular complexity index is 394. The molecule has 1 aromatic rings. The molecule has 0 spiro atoms. The Kier molecular flexibility index (Phi) is 4.58. The van der Waals surface area contributed by atoms with Gasteiger partial charge in [0, 0.05) is 5.54 Å². The second-order valence-electron chi connectivity index (χ2n) is 5.83. The Labute approximate surface area is 116 Å². The largest absolute Gasteiger partial charge is 0.311 e. The lowest BCUT2D eigenvalue weighted by Crippen LogP contribution is -2.54. The van der Waals surface area contributed by atoms with Gasteiger partial charge in [-0.25, -0.2) is 4.39 Å². The number of benzene rings is 1. The van der Waals surface area contributed by atoms with E-state index in [1.54, 1.807) is 12.1 Å². The van der Waals surface area contributed by atoms with E-state index in [4.69, 9.17) is 0 Å². The van der Waals surface area contributed by atoms with Gasteiger partial charge in [0.2, 0.25) is 0 Å². The molecule has 0 radical (unpaired) electrons. The van der Waals surface area contributed by atoms with Gasteiger partial charge in [-0.1, -0.05) is 31.4 Å². The number of rotatable bonds is 4. The highest BCUT2D eigenvalue weighted by molar-refractivity contribution is 5.24. The minimum Gasteiger partial charge on any atom is -0.311 e. The van der Waals surface area contributed by atoms with Gasteiger partial charge in [-0.15, -0.1) is 0 Å². The van der Waals surface area contributed by atoms with Crippen molar-refractivity contribution in [2.75, 3.05) is 21.1 Å². The van der Waals surface area contributed by atoms with E-state index in [2.05, 4.69) is 24.3 Å². The van der Waals surface area contributed by atoms with Crippen LogP contribution in [0.25, 0.3) is 0 Å². The van der Waals surface area contributed by atoms with Gasteiger partial charge in [-0.3, -0.25) is 0 Å². The smallest absolute Gasteiger partial charge is 0.123 e. The number of nitrogens with one attached hydrogen (secondary N) is 1. The monoisotopic (exact) mass is 264 g/mol. The minimum atomic E-state index is -0.166. The molecule has 0 amide bonds. The van der Waals surface area contributed by atoms with E-state index in [0.717, 1.165) is 0 Å². The summed E-state index contributed by atoms with van der Waals surface area (Å²) in [6.45, 7) is 0. The Balaban J connectivity index is 2.34. The van der Waals surface area contributed by atoms with Crippen LogP contribution in [0.3, 0.4) is 0 Å². The third-order valence-corrected chi connectivity index (χ3v) is 4.64. The topological polar surface area (TPSA) is 15.3 Å². The van der Waals surface area contributed by atoms with Crippen molar-refractivity contribution in [3.05, 3.63) is 35.6 Å². The first-order valence-corrected chi connectivity index (χ1v) is 7.20. The van der Waals surface area contributed by atoms with E-state index in [1.807, 2.05) is 19.2 Å². The first kappa shape index (κ1) is 14.5. The van der Waals surface area contributed by atoms with Gasteiger partial charge in [-0.05, 0) is 51.7 Å². The normalized spacial score (nSPS) is 20.5. The number of nitrogens with zero attached hydrogens (tertiary/aromatic N) is 1. The molecule has 1 atom stereocenters. The molecule has 1 aliphatic carbocycles. The lowest BCUT2D eigenvalue weighted by molar-refractivity contribution is 0.0594. The Morgan fingerprint density at radius 3 is 2.16 bits per heavy atom. The summed E-state index contributed by atoms with van der Waals surface area (Å²) in [6, 6.07) is 7.20. The number of hydrogen-bond acceptors (Lipinski definition) is 2. The van der Waals surface area contributed by atoms with Crippen LogP contribution in [0.1, 0.15) is 43.7 Å². The van der Waals surface area contributed by atoms with Gasteiger partial charge < -0.3 is 10.2 Å². The van der Waals surface area contributed by atoms with Gasteiger partial charge >= 0.3 is 0 Å². The van der Waals surface area contributed by atoms with Crippen molar-refractivity contribution in [2.24, 2.45) is 0 Å². The van der Waals surface area contributed by atoms with Gasteiger partial charge in [0.05, 0.1) is 6.04 Å². The van der Waals surface area contributed by atoms with Crippen LogP contribution in [-0.2, 0) is 0 Å². The lowest BCUT2D eigenvalue weighted by atomic mass is 9.73. The van der Waals surface area contributed by atoms with Crippen LogP contribution >= 0.6 is 0 Å². The summed E-state index contributed by atoms with van der Waals surface area (Å²) < 4.78 is 13.1. The van der Waals surface area contributed by atoms with E-state index in [1.165, 1.54) is 37.7 Å². The summed E-state index contributed by atoms with van der Waals surface area (Å²) >= 11 is 0. The molecule has 2 rings (SSSR count). The molecule has 0 heterocycles. The van der Waals surface area contributed by atoms with Gasteiger partial charge in [0.1, 0.15) is 5.82 Å². The molecule has 0 aliphatic heterocycles. The summed E-state index contributed by atoms with van der Waals surface area (Å²) in [5.74, 6) is -0.166. The zero-order chi connectivity index (χ0) is 13.9. The maximum absolute atomic E-state index is 13.1. The SMILES string of the molecule is CNC(c1ccc(F)cc1)C1(N(C)C)CCCCC1.